The minimum atomic E-state index is -0.0616. The summed E-state index contributed by atoms with van der Waals surface area (Å²) in [7, 11) is 0. The highest BCUT2D eigenvalue weighted by atomic mass is 16.5. The lowest BCUT2D eigenvalue weighted by atomic mass is 9.96. The van der Waals surface area contributed by atoms with Gasteiger partial charge in [-0.15, -0.1) is 0 Å². The van der Waals surface area contributed by atoms with Gasteiger partial charge in [-0.05, 0) is 73.7 Å². The number of carbonyl (C=O) groups is 1. The first-order chi connectivity index (χ1) is 13.7. The largest absolute Gasteiger partial charge is 0.466 e. The van der Waals surface area contributed by atoms with Crippen molar-refractivity contribution < 1.29 is 9.53 Å². The quantitative estimate of drug-likeness (QED) is 0.633. The number of rotatable bonds is 4. The number of ether oxygens (including phenoxy) is 1. The van der Waals surface area contributed by atoms with Crippen molar-refractivity contribution in [3.63, 3.8) is 0 Å². The van der Waals surface area contributed by atoms with Gasteiger partial charge in [-0.3, -0.25) is 9.78 Å². The molecule has 1 saturated heterocycles. The first-order valence-electron chi connectivity index (χ1n) is 9.89. The highest BCUT2D eigenvalue weighted by Crippen LogP contribution is 2.29. The fourth-order valence-electron chi connectivity index (χ4n) is 3.87. The van der Waals surface area contributed by atoms with E-state index in [0.717, 1.165) is 42.8 Å². The number of hydrogen-bond acceptors (Lipinski definition) is 5. The third-order valence-electron chi connectivity index (χ3n) is 5.45. The van der Waals surface area contributed by atoms with Crippen LogP contribution in [0.5, 0.6) is 0 Å². The average molecular weight is 375 g/mol. The summed E-state index contributed by atoms with van der Waals surface area (Å²) >= 11 is 0. The van der Waals surface area contributed by atoms with Gasteiger partial charge >= 0.3 is 5.97 Å². The molecule has 3 heterocycles. The van der Waals surface area contributed by atoms with Crippen molar-refractivity contribution >= 4 is 22.7 Å². The Balaban J connectivity index is 1.56. The molecule has 0 atom stereocenters. The molecule has 144 valence electrons. The van der Waals surface area contributed by atoms with Gasteiger partial charge in [0.05, 0.1) is 18.0 Å². The molecule has 1 aromatic carbocycles. The lowest BCUT2D eigenvalue weighted by Gasteiger charge is -2.32. The Labute approximate surface area is 165 Å². The predicted molar refractivity (Wildman–Crippen MR) is 111 cm³/mol. The van der Waals surface area contributed by atoms with E-state index in [4.69, 9.17) is 9.72 Å². The maximum Gasteiger partial charge on any atom is 0.309 e. The summed E-state index contributed by atoms with van der Waals surface area (Å²) in [5.41, 5.74) is 4.54. The first kappa shape index (κ1) is 18.4. The Morgan fingerprint density at radius 1 is 1.11 bits per heavy atom. The molecule has 0 N–H and O–H groups in total. The minimum absolute atomic E-state index is 0.0145. The smallest absolute Gasteiger partial charge is 0.309 e. The van der Waals surface area contributed by atoms with Crippen molar-refractivity contribution in [2.75, 3.05) is 24.6 Å². The second kappa shape index (κ2) is 7.97. The molecule has 2 aromatic heterocycles. The van der Waals surface area contributed by atoms with Gasteiger partial charge in [0, 0.05) is 30.9 Å². The summed E-state index contributed by atoms with van der Waals surface area (Å²) in [6.45, 7) is 6.10. The van der Waals surface area contributed by atoms with E-state index >= 15 is 0 Å². The van der Waals surface area contributed by atoms with Crippen molar-refractivity contribution in [1.82, 2.24) is 9.97 Å². The molecule has 0 bridgehead atoms. The van der Waals surface area contributed by atoms with E-state index in [1.54, 1.807) is 0 Å². The van der Waals surface area contributed by atoms with E-state index in [0.29, 0.717) is 6.61 Å². The lowest BCUT2D eigenvalue weighted by molar-refractivity contribution is -0.148. The third kappa shape index (κ3) is 3.70. The van der Waals surface area contributed by atoms with Crippen LogP contribution >= 0.6 is 0 Å². The molecule has 5 nitrogen and oxygen atoms in total. The molecule has 1 aliphatic heterocycles. The number of piperidine rings is 1. The van der Waals surface area contributed by atoms with Crippen LogP contribution in [-0.4, -0.2) is 35.6 Å². The molecule has 1 fully saturated rings. The SMILES string of the molecule is CCOC(=O)C1CCN(c2cc(C)c3cc(-c4ccncc4)ccc3n2)CC1. The van der Waals surface area contributed by atoms with E-state index in [9.17, 15) is 4.79 Å². The predicted octanol–water partition coefficient (Wildman–Crippen LogP) is 4.38. The van der Waals surface area contributed by atoms with Crippen LogP contribution in [-0.2, 0) is 9.53 Å². The third-order valence-corrected chi connectivity index (χ3v) is 5.45. The number of anilines is 1. The standard InChI is InChI=1S/C23H25N3O2/c1-3-28-23(27)18-8-12-26(13-9-18)22-14-16(2)20-15-19(4-5-21(20)25-22)17-6-10-24-11-7-17/h4-7,10-11,14-15,18H,3,8-9,12-13H2,1-2H3. The van der Waals surface area contributed by atoms with E-state index in [1.165, 1.54) is 16.5 Å². The Kier molecular flexibility index (Phi) is 5.24. The summed E-state index contributed by atoms with van der Waals surface area (Å²) in [6.07, 6.45) is 5.26. The molecule has 0 spiro atoms. The molecule has 0 saturated carbocycles. The summed E-state index contributed by atoms with van der Waals surface area (Å²) in [5, 5.41) is 1.17. The van der Waals surface area contributed by atoms with Gasteiger partial charge in [0.2, 0.25) is 0 Å². The summed E-state index contributed by atoms with van der Waals surface area (Å²) in [5.74, 6) is 0.943. The Morgan fingerprint density at radius 2 is 1.86 bits per heavy atom. The zero-order valence-electron chi connectivity index (χ0n) is 16.4. The normalized spacial score (nSPS) is 15.0. The molecule has 1 aliphatic rings. The van der Waals surface area contributed by atoms with Crippen LogP contribution in [0.3, 0.4) is 0 Å². The maximum atomic E-state index is 12.0. The zero-order chi connectivity index (χ0) is 19.5. The minimum Gasteiger partial charge on any atom is -0.466 e. The van der Waals surface area contributed by atoms with Crippen LogP contribution in [0.25, 0.3) is 22.0 Å². The molecule has 0 amide bonds. The molecular weight excluding hydrogens is 350 g/mol. The van der Waals surface area contributed by atoms with Crippen LogP contribution in [0, 0.1) is 12.8 Å². The molecule has 0 radical (unpaired) electrons. The van der Waals surface area contributed by atoms with Crippen LogP contribution in [0.4, 0.5) is 5.82 Å². The molecule has 4 rings (SSSR count). The van der Waals surface area contributed by atoms with Crippen LogP contribution in [0.2, 0.25) is 0 Å². The number of pyridine rings is 2. The van der Waals surface area contributed by atoms with E-state index in [-0.39, 0.29) is 11.9 Å². The Hall–Kier alpha value is -2.95. The van der Waals surface area contributed by atoms with E-state index in [1.807, 2.05) is 31.5 Å². The maximum absolute atomic E-state index is 12.0. The van der Waals surface area contributed by atoms with Crippen molar-refractivity contribution in [1.29, 1.82) is 0 Å². The number of aryl methyl sites for hydroxylation is 1. The van der Waals surface area contributed by atoms with Crippen LogP contribution in [0.15, 0.2) is 48.8 Å². The van der Waals surface area contributed by atoms with Crippen molar-refractivity contribution in [2.24, 2.45) is 5.92 Å². The fourth-order valence-corrected chi connectivity index (χ4v) is 3.87. The summed E-state index contributed by atoms with van der Waals surface area (Å²) < 4.78 is 5.17. The number of carbonyl (C=O) groups excluding carboxylic acids is 1. The van der Waals surface area contributed by atoms with E-state index < -0.39 is 0 Å². The van der Waals surface area contributed by atoms with Gasteiger partial charge in [-0.1, -0.05) is 6.07 Å². The average Bonchev–Trinajstić information content (AvgIpc) is 2.74. The van der Waals surface area contributed by atoms with Gasteiger partial charge in [0.25, 0.3) is 0 Å². The van der Waals surface area contributed by atoms with Gasteiger partial charge in [-0.2, -0.15) is 0 Å². The van der Waals surface area contributed by atoms with Gasteiger partial charge in [0.15, 0.2) is 0 Å². The number of aromatic nitrogens is 2. The molecule has 28 heavy (non-hydrogen) atoms. The molecule has 0 aliphatic carbocycles. The van der Waals surface area contributed by atoms with Crippen molar-refractivity contribution in [2.45, 2.75) is 26.7 Å². The number of esters is 1. The van der Waals surface area contributed by atoms with Gasteiger partial charge in [-0.25, -0.2) is 4.98 Å². The number of nitrogens with zero attached hydrogens (tertiary/aromatic N) is 3. The monoisotopic (exact) mass is 375 g/mol. The highest BCUT2D eigenvalue weighted by Gasteiger charge is 2.26. The zero-order valence-corrected chi connectivity index (χ0v) is 16.4. The second-order valence-electron chi connectivity index (χ2n) is 7.28. The van der Waals surface area contributed by atoms with Gasteiger partial charge < -0.3 is 9.64 Å². The lowest BCUT2D eigenvalue weighted by Crippen LogP contribution is -2.37. The second-order valence-corrected chi connectivity index (χ2v) is 7.28. The van der Waals surface area contributed by atoms with Gasteiger partial charge in [0.1, 0.15) is 5.82 Å². The fraction of sp³-hybridized carbons (Fsp3) is 0.348. The summed E-state index contributed by atoms with van der Waals surface area (Å²) in [4.78, 5) is 23.2. The number of fused-ring (bicyclic) bond motifs is 1. The molecule has 3 aromatic rings. The molecular formula is C23H25N3O2. The Bertz CT molecular complexity index is 980. The van der Waals surface area contributed by atoms with Crippen LogP contribution in [0.1, 0.15) is 25.3 Å². The number of benzene rings is 1. The van der Waals surface area contributed by atoms with Crippen molar-refractivity contribution in [3.05, 3.63) is 54.4 Å². The number of hydrogen-bond donors (Lipinski definition) is 0. The van der Waals surface area contributed by atoms with Crippen molar-refractivity contribution in [3.8, 4) is 11.1 Å². The first-order valence-corrected chi connectivity index (χ1v) is 9.89. The molecule has 5 heteroatoms. The topological polar surface area (TPSA) is 55.3 Å². The van der Waals surface area contributed by atoms with Crippen LogP contribution < -0.4 is 4.90 Å². The van der Waals surface area contributed by atoms with E-state index in [2.05, 4.69) is 41.1 Å². The summed E-state index contributed by atoms with van der Waals surface area (Å²) in [6, 6.07) is 12.6. The molecule has 0 unspecified atom stereocenters. The highest BCUT2D eigenvalue weighted by molar-refractivity contribution is 5.88. The Morgan fingerprint density at radius 3 is 2.57 bits per heavy atom.